The zero-order valence-electron chi connectivity index (χ0n) is 8.03. The number of hydrogen-bond donors (Lipinski definition) is 2. The minimum atomic E-state index is -3.27. The van der Waals surface area contributed by atoms with E-state index in [9.17, 15) is 8.42 Å². The van der Waals surface area contributed by atoms with Crippen molar-refractivity contribution in [3.63, 3.8) is 0 Å². The van der Waals surface area contributed by atoms with Crippen molar-refractivity contribution in [1.29, 1.82) is 0 Å². The third-order valence-corrected chi connectivity index (χ3v) is 4.10. The maximum Gasteiger partial charge on any atom is 0.279 e. The Labute approximate surface area is 79.5 Å². The van der Waals surface area contributed by atoms with Gasteiger partial charge in [-0.05, 0) is 19.8 Å². The molecular weight excluding hydrogens is 190 g/mol. The number of nitrogens with two attached hydrogens (primary N) is 1. The standard InChI is InChI=1S/C7H17N3O2S/c1-6-5-7(8)3-4-10(6)13(11,12)9-2/h6-7,9H,3-5,8H2,1-2H3. The van der Waals surface area contributed by atoms with E-state index in [1.807, 2.05) is 6.92 Å². The Morgan fingerprint density at radius 1 is 1.54 bits per heavy atom. The minimum Gasteiger partial charge on any atom is -0.328 e. The Morgan fingerprint density at radius 3 is 2.62 bits per heavy atom. The first-order chi connectivity index (χ1) is 5.97. The lowest BCUT2D eigenvalue weighted by molar-refractivity contribution is 0.245. The molecule has 2 unspecified atom stereocenters. The van der Waals surface area contributed by atoms with Crippen LogP contribution < -0.4 is 10.5 Å². The molecule has 0 bridgehead atoms. The van der Waals surface area contributed by atoms with Gasteiger partial charge in [0.1, 0.15) is 0 Å². The second kappa shape index (κ2) is 3.91. The molecule has 5 nitrogen and oxygen atoms in total. The van der Waals surface area contributed by atoms with E-state index in [-0.39, 0.29) is 12.1 Å². The molecule has 1 saturated heterocycles. The molecule has 1 aliphatic heterocycles. The summed E-state index contributed by atoms with van der Waals surface area (Å²) in [4.78, 5) is 0. The highest BCUT2D eigenvalue weighted by Gasteiger charge is 2.30. The molecule has 0 aromatic rings. The summed E-state index contributed by atoms with van der Waals surface area (Å²) in [6.45, 7) is 2.40. The van der Waals surface area contributed by atoms with Crippen molar-refractivity contribution in [2.45, 2.75) is 31.8 Å². The van der Waals surface area contributed by atoms with E-state index >= 15 is 0 Å². The number of hydrogen-bond acceptors (Lipinski definition) is 3. The second-order valence-electron chi connectivity index (χ2n) is 3.45. The smallest absolute Gasteiger partial charge is 0.279 e. The number of nitrogens with one attached hydrogen (secondary N) is 1. The molecule has 0 aromatic heterocycles. The van der Waals surface area contributed by atoms with Crippen LogP contribution in [0.3, 0.4) is 0 Å². The van der Waals surface area contributed by atoms with Gasteiger partial charge in [-0.15, -0.1) is 0 Å². The van der Waals surface area contributed by atoms with Crippen molar-refractivity contribution < 1.29 is 8.42 Å². The highest BCUT2D eigenvalue weighted by atomic mass is 32.2. The molecule has 1 heterocycles. The van der Waals surface area contributed by atoms with Crippen molar-refractivity contribution in [3.05, 3.63) is 0 Å². The first kappa shape index (κ1) is 10.9. The fraction of sp³-hybridized carbons (Fsp3) is 1.00. The molecular formula is C7H17N3O2S. The molecule has 2 atom stereocenters. The third kappa shape index (κ3) is 2.40. The highest BCUT2D eigenvalue weighted by molar-refractivity contribution is 7.87. The van der Waals surface area contributed by atoms with Gasteiger partial charge in [-0.3, -0.25) is 0 Å². The average molecular weight is 207 g/mol. The van der Waals surface area contributed by atoms with Gasteiger partial charge in [0.15, 0.2) is 0 Å². The van der Waals surface area contributed by atoms with Crippen LogP contribution in [-0.2, 0) is 10.2 Å². The molecule has 1 rings (SSSR count). The van der Waals surface area contributed by atoms with Gasteiger partial charge >= 0.3 is 0 Å². The maximum absolute atomic E-state index is 11.4. The minimum absolute atomic E-state index is 0.00111. The monoisotopic (exact) mass is 207 g/mol. The lowest BCUT2D eigenvalue weighted by Crippen LogP contribution is -2.51. The van der Waals surface area contributed by atoms with Crippen LogP contribution in [0.2, 0.25) is 0 Å². The summed E-state index contributed by atoms with van der Waals surface area (Å²) < 4.78 is 26.7. The van der Waals surface area contributed by atoms with Crippen LogP contribution in [-0.4, -0.2) is 38.4 Å². The lowest BCUT2D eigenvalue weighted by atomic mass is 10.0. The molecule has 13 heavy (non-hydrogen) atoms. The van der Waals surface area contributed by atoms with Crippen molar-refractivity contribution in [2.75, 3.05) is 13.6 Å². The van der Waals surface area contributed by atoms with Crippen molar-refractivity contribution in [3.8, 4) is 0 Å². The van der Waals surface area contributed by atoms with Gasteiger partial charge in [-0.1, -0.05) is 0 Å². The summed E-state index contributed by atoms with van der Waals surface area (Å²) in [5.74, 6) is 0. The van der Waals surface area contributed by atoms with Crippen LogP contribution in [0.1, 0.15) is 19.8 Å². The average Bonchev–Trinajstić information content (AvgIpc) is 2.03. The molecule has 0 radical (unpaired) electrons. The van der Waals surface area contributed by atoms with E-state index in [2.05, 4.69) is 4.72 Å². The quantitative estimate of drug-likeness (QED) is 0.626. The summed E-state index contributed by atoms with van der Waals surface area (Å²) >= 11 is 0. The van der Waals surface area contributed by atoms with Crippen LogP contribution in [0.5, 0.6) is 0 Å². The largest absolute Gasteiger partial charge is 0.328 e. The van der Waals surface area contributed by atoms with E-state index in [4.69, 9.17) is 5.73 Å². The van der Waals surface area contributed by atoms with Gasteiger partial charge in [0, 0.05) is 25.7 Å². The summed E-state index contributed by atoms with van der Waals surface area (Å²) in [7, 11) is -1.84. The summed E-state index contributed by atoms with van der Waals surface area (Å²) in [6.07, 6.45) is 1.48. The lowest BCUT2D eigenvalue weighted by Gasteiger charge is -2.34. The SMILES string of the molecule is CNS(=O)(=O)N1CCC(N)CC1C. The third-order valence-electron chi connectivity index (χ3n) is 2.42. The molecule has 78 valence electrons. The topological polar surface area (TPSA) is 75.4 Å². The van der Waals surface area contributed by atoms with E-state index in [0.29, 0.717) is 6.54 Å². The summed E-state index contributed by atoms with van der Waals surface area (Å²) in [5.41, 5.74) is 5.73. The van der Waals surface area contributed by atoms with Gasteiger partial charge in [0.25, 0.3) is 10.2 Å². The zero-order valence-corrected chi connectivity index (χ0v) is 8.84. The molecule has 1 aliphatic rings. The van der Waals surface area contributed by atoms with Gasteiger partial charge < -0.3 is 5.73 Å². The number of rotatable bonds is 2. The Morgan fingerprint density at radius 2 is 2.15 bits per heavy atom. The fourth-order valence-electron chi connectivity index (χ4n) is 1.66. The van der Waals surface area contributed by atoms with Crippen LogP contribution >= 0.6 is 0 Å². The van der Waals surface area contributed by atoms with Crippen molar-refractivity contribution in [2.24, 2.45) is 5.73 Å². The molecule has 0 spiro atoms. The summed E-state index contributed by atoms with van der Waals surface area (Å²) in [5, 5.41) is 0. The Bertz CT molecular complexity index is 265. The van der Waals surface area contributed by atoms with E-state index in [0.717, 1.165) is 12.8 Å². The van der Waals surface area contributed by atoms with E-state index in [1.165, 1.54) is 11.4 Å². The van der Waals surface area contributed by atoms with Gasteiger partial charge in [-0.2, -0.15) is 12.7 Å². The molecule has 6 heteroatoms. The van der Waals surface area contributed by atoms with Crippen molar-refractivity contribution in [1.82, 2.24) is 9.03 Å². The molecule has 0 aromatic carbocycles. The van der Waals surface area contributed by atoms with Crippen LogP contribution in [0.15, 0.2) is 0 Å². The van der Waals surface area contributed by atoms with Gasteiger partial charge in [0.05, 0.1) is 0 Å². The Kier molecular flexibility index (Phi) is 3.28. The molecule has 1 fully saturated rings. The second-order valence-corrected chi connectivity index (χ2v) is 5.28. The zero-order chi connectivity index (χ0) is 10.1. The van der Waals surface area contributed by atoms with Crippen LogP contribution in [0.4, 0.5) is 0 Å². The first-order valence-corrected chi connectivity index (χ1v) is 5.87. The predicted molar refractivity (Wildman–Crippen MR) is 51.4 cm³/mol. The maximum atomic E-state index is 11.4. The Balaban J connectivity index is 2.72. The molecule has 3 N–H and O–H groups in total. The van der Waals surface area contributed by atoms with Gasteiger partial charge in [-0.25, -0.2) is 4.72 Å². The van der Waals surface area contributed by atoms with E-state index in [1.54, 1.807) is 0 Å². The normalized spacial score (nSPS) is 31.9. The number of nitrogens with zero attached hydrogens (tertiary/aromatic N) is 1. The van der Waals surface area contributed by atoms with E-state index < -0.39 is 10.2 Å². The predicted octanol–water partition coefficient (Wildman–Crippen LogP) is -0.738. The first-order valence-electron chi connectivity index (χ1n) is 4.43. The number of piperidine rings is 1. The Hall–Kier alpha value is -0.170. The molecule has 0 aliphatic carbocycles. The van der Waals surface area contributed by atoms with Crippen molar-refractivity contribution >= 4 is 10.2 Å². The highest BCUT2D eigenvalue weighted by Crippen LogP contribution is 2.18. The van der Waals surface area contributed by atoms with Crippen LogP contribution in [0.25, 0.3) is 0 Å². The fourth-order valence-corrected chi connectivity index (χ4v) is 2.80. The molecule has 0 amide bonds. The summed E-state index contributed by atoms with van der Waals surface area (Å²) in [6, 6.07) is 0.138. The van der Waals surface area contributed by atoms with Crippen LogP contribution in [0, 0.1) is 0 Å². The molecule has 0 saturated carbocycles. The van der Waals surface area contributed by atoms with Gasteiger partial charge in [0.2, 0.25) is 0 Å².